The second kappa shape index (κ2) is 6.01. The third kappa shape index (κ3) is 4.33. The predicted molar refractivity (Wildman–Crippen MR) is 60.9 cm³/mol. The average molecular weight is 245 g/mol. The van der Waals surface area contributed by atoms with Crippen LogP contribution < -0.4 is 4.52 Å². The molecule has 1 aromatic carbocycles. The fraction of sp³-hybridized carbons (Fsp3) is 0.400. The summed E-state index contributed by atoms with van der Waals surface area (Å²) in [6.45, 7) is 4.68. The summed E-state index contributed by atoms with van der Waals surface area (Å²) in [5, 5.41) is 1.36. The topological polar surface area (TPSA) is 59.0 Å². The lowest BCUT2D eigenvalue weighted by molar-refractivity contribution is -0.0705. The molecule has 0 aromatic heterocycles. The fourth-order valence-corrected chi connectivity index (χ4v) is 2.06. The highest BCUT2D eigenvalue weighted by Crippen LogP contribution is 2.44. The molecule has 0 aliphatic rings. The molecular weight excluding hydrogens is 229 g/mol. The molecule has 6 heteroatoms. The van der Waals surface area contributed by atoms with E-state index in [1.807, 2.05) is 13.8 Å². The van der Waals surface area contributed by atoms with Crippen molar-refractivity contribution in [3.05, 3.63) is 30.3 Å². The van der Waals surface area contributed by atoms with E-state index in [-0.39, 0.29) is 0 Å². The van der Waals surface area contributed by atoms with Crippen LogP contribution in [0, 0.1) is 0 Å². The highest BCUT2D eigenvalue weighted by Gasteiger charge is 2.26. The molecule has 0 aliphatic heterocycles. The Labute approximate surface area is 95.2 Å². The molecule has 90 valence electrons. The Bertz CT molecular complexity index is 353. The van der Waals surface area contributed by atoms with Crippen LogP contribution in [0.4, 0.5) is 0 Å². The number of para-hydroxylation sites is 1. The molecule has 1 unspecified atom stereocenters. The number of rotatable bonds is 6. The van der Waals surface area contributed by atoms with Crippen molar-refractivity contribution in [2.24, 2.45) is 0 Å². The molecule has 0 saturated carbocycles. The molecule has 0 amide bonds. The molecular formula is C10H16NO4P. The quantitative estimate of drug-likeness (QED) is 0.616. The van der Waals surface area contributed by atoms with Crippen LogP contribution in [0.15, 0.2) is 30.3 Å². The SMILES string of the molecule is CCN(CC)OP(=O)(O)Oc1ccccc1. The van der Waals surface area contributed by atoms with E-state index in [1.54, 1.807) is 30.3 Å². The Morgan fingerprint density at radius 2 is 1.81 bits per heavy atom. The smallest absolute Gasteiger partial charge is 0.403 e. The molecule has 0 radical (unpaired) electrons. The van der Waals surface area contributed by atoms with Gasteiger partial charge in [-0.05, 0) is 12.1 Å². The molecule has 1 atom stereocenters. The first-order chi connectivity index (χ1) is 7.57. The van der Waals surface area contributed by atoms with Gasteiger partial charge in [0, 0.05) is 13.1 Å². The summed E-state index contributed by atoms with van der Waals surface area (Å²) in [7, 11) is -4.08. The fourth-order valence-electron chi connectivity index (χ4n) is 1.12. The van der Waals surface area contributed by atoms with Gasteiger partial charge < -0.3 is 4.52 Å². The van der Waals surface area contributed by atoms with Crippen molar-refractivity contribution < 1.29 is 18.6 Å². The van der Waals surface area contributed by atoms with Gasteiger partial charge in [0.15, 0.2) is 0 Å². The molecule has 0 fully saturated rings. The van der Waals surface area contributed by atoms with E-state index in [9.17, 15) is 9.46 Å². The van der Waals surface area contributed by atoms with Gasteiger partial charge in [0.2, 0.25) is 0 Å². The molecule has 1 aromatic rings. The molecule has 16 heavy (non-hydrogen) atoms. The van der Waals surface area contributed by atoms with Gasteiger partial charge in [0.25, 0.3) is 0 Å². The van der Waals surface area contributed by atoms with Gasteiger partial charge in [-0.2, -0.15) is 9.69 Å². The molecule has 5 nitrogen and oxygen atoms in total. The van der Waals surface area contributed by atoms with Gasteiger partial charge in [-0.25, -0.2) is 4.57 Å². The second-order valence-electron chi connectivity index (χ2n) is 3.07. The summed E-state index contributed by atoms with van der Waals surface area (Å²) in [5.74, 6) is 0.306. The highest BCUT2D eigenvalue weighted by molar-refractivity contribution is 7.47. The van der Waals surface area contributed by atoms with E-state index in [2.05, 4.69) is 0 Å². The molecule has 1 rings (SSSR count). The normalized spacial score (nSPS) is 14.8. The lowest BCUT2D eigenvalue weighted by Crippen LogP contribution is -2.22. The van der Waals surface area contributed by atoms with Gasteiger partial charge >= 0.3 is 7.82 Å². The zero-order valence-corrected chi connectivity index (χ0v) is 10.3. The Hall–Kier alpha value is -0.870. The summed E-state index contributed by atoms with van der Waals surface area (Å²) in [6.07, 6.45) is 0. The van der Waals surface area contributed by atoms with Crippen molar-refractivity contribution >= 4 is 7.82 Å². The maximum absolute atomic E-state index is 11.6. The maximum atomic E-state index is 11.6. The van der Waals surface area contributed by atoms with E-state index in [1.165, 1.54) is 5.06 Å². The van der Waals surface area contributed by atoms with Crippen LogP contribution in [0.1, 0.15) is 13.8 Å². The number of nitrogens with zero attached hydrogens (tertiary/aromatic N) is 1. The largest absolute Gasteiger partial charge is 0.544 e. The first-order valence-electron chi connectivity index (χ1n) is 5.09. The Morgan fingerprint density at radius 3 is 2.31 bits per heavy atom. The Kier molecular flexibility index (Phi) is 4.96. The minimum Gasteiger partial charge on any atom is -0.403 e. The molecule has 0 bridgehead atoms. The van der Waals surface area contributed by atoms with Gasteiger partial charge in [-0.3, -0.25) is 4.89 Å². The molecule has 0 aliphatic carbocycles. The Balaban J connectivity index is 2.61. The van der Waals surface area contributed by atoms with Gasteiger partial charge in [-0.1, -0.05) is 32.0 Å². The van der Waals surface area contributed by atoms with Crippen molar-refractivity contribution in [2.75, 3.05) is 13.1 Å². The van der Waals surface area contributed by atoms with Crippen molar-refractivity contribution in [1.82, 2.24) is 5.06 Å². The maximum Gasteiger partial charge on any atom is 0.544 e. The van der Waals surface area contributed by atoms with Crippen molar-refractivity contribution in [1.29, 1.82) is 0 Å². The molecule has 1 N–H and O–H groups in total. The summed E-state index contributed by atoms with van der Waals surface area (Å²) < 4.78 is 21.3. The summed E-state index contributed by atoms with van der Waals surface area (Å²) >= 11 is 0. The number of hydroxylamine groups is 2. The van der Waals surface area contributed by atoms with Crippen LogP contribution in [0.5, 0.6) is 5.75 Å². The van der Waals surface area contributed by atoms with Crippen molar-refractivity contribution in [3.8, 4) is 5.75 Å². The van der Waals surface area contributed by atoms with E-state index in [4.69, 9.17) is 9.15 Å². The van der Waals surface area contributed by atoms with E-state index in [0.29, 0.717) is 18.8 Å². The Morgan fingerprint density at radius 1 is 1.25 bits per heavy atom. The number of phosphoric ester groups is 1. The van der Waals surface area contributed by atoms with Crippen molar-refractivity contribution in [3.63, 3.8) is 0 Å². The van der Waals surface area contributed by atoms with Crippen LogP contribution in [0.25, 0.3) is 0 Å². The van der Waals surface area contributed by atoms with E-state index < -0.39 is 7.82 Å². The third-order valence-corrected chi connectivity index (χ3v) is 2.77. The summed E-state index contributed by atoms with van der Waals surface area (Å²) in [6, 6.07) is 8.41. The first-order valence-corrected chi connectivity index (χ1v) is 6.59. The lowest BCUT2D eigenvalue weighted by Gasteiger charge is -2.20. The minimum atomic E-state index is -4.08. The lowest BCUT2D eigenvalue weighted by atomic mass is 10.3. The number of hydrogen-bond acceptors (Lipinski definition) is 4. The van der Waals surface area contributed by atoms with Crippen LogP contribution in [0.2, 0.25) is 0 Å². The van der Waals surface area contributed by atoms with Crippen LogP contribution in [0.3, 0.4) is 0 Å². The zero-order valence-electron chi connectivity index (χ0n) is 9.37. The number of benzene rings is 1. The highest BCUT2D eigenvalue weighted by atomic mass is 31.2. The minimum absolute atomic E-state index is 0.306. The van der Waals surface area contributed by atoms with Crippen LogP contribution in [-0.2, 0) is 9.19 Å². The van der Waals surface area contributed by atoms with Crippen LogP contribution in [-0.4, -0.2) is 23.0 Å². The average Bonchev–Trinajstić information content (AvgIpc) is 2.26. The number of hydrogen-bond donors (Lipinski definition) is 1. The first kappa shape index (κ1) is 13.2. The summed E-state index contributed by atoms with van der Waals surface area (Å²) in [5.41, 5.74) is 0. The predicted octanol–water partition coefficient (Wildman–Crippen LogP) is 2.44. The van der Waals surface area contributed by atoms with Crippen molar-refractivity contribution in [2.45, 2.75) is 13.8 Å². The molecule has 0 spiro atoms. The molecule has 0 saturated heterocycles. The van der Waals surface area contributed by atoms with E-state index >= 15 is 0 Å². The van der Waals surface area contributed by atoms with E-state index in [0.717, 1.165) is 0 Å². The standard InChI is InChI=1S/C10H16NO4P/c1-3-11(4-2)15-16(12,13)14-10-8-6-5-7-9-10/h5-9H,3-4H2,1-2H3,(H,12,13). The number of phosphoric acid groups is 1. The molecule has 0 heterocycles. The zero-order chi connectivity index (χ0) is 12.0. The van der Waals surface area contributed by atoms with Gasteiger partial charge in [0.1, 0.15) is 5.75 Å². The monoisotopic (exact) mass is 245 g/mol. The van der Waals surface area contributed by atoms with Gasteiger partial charge in [-0.15, -0.1) is 0 Å². The van der Waals surface area contributed by atoms with Crippen LogP contribution >= 0.6 is 7.82 Å². The summed E-state index contributed by atoms with van der Waals surface area (Å²) in [4.78, 5) is 9.47. The second-order valence-corrected chi connectivity index (χ2v) is 4.35. The van der Waals surface area contributed by atoms with Gasteiger partial charge in [0.05, 0.1) is 0 Å². The third-order valence-electron chi connectivity index (χ3n) is 1.89.